The Hall–Kier alpha value is -3.14. The van der Waals surface area contributed by atoms with E-state index in [2.05, 4.69) is 29.4 Å². The molecule has 1 unspecified atom stereocenters. The van der Waals surface area contributed by atoms with E-state index < -0.39 is 0 Å². The van der Waals surface area contributed by atoms with Gasteiger partial charge in [0.1, 0.15) is 11.9 Å². The van der Waals surface area contributed by atoms with Crippen LogP contribution in [0.4, 0.5) is 0 Å². The lowest BCUT2D eigenvalue weighted by atomic mass is 10.0. The average Bonchev–Trinajstić information content (AvgIpc) is 2.76. The maximum absolute atomic E-state index is 12.5. The van der Waals surface area contributed by atoms with Gasteiger partial charge in [-0.25, -0.2) is 0 Å². The fourth-order valence-corrected chi connectivity index (χ4v) is 3.00. The van der Waals surface area contributed by atoms with E-state index in [0.29, 0.717) is 17.9 Å². The largest absolute Gasteiger partial charge is 0.486 e. The van der Waals surface area contributed by atoms with E-state index in [4.69, 9.17) is 4.74 Å². The average molecular weight is 374 g/mol. The van der Waals surface area contributed by atoms with E-state index >= 15 is 0 Å². The molecule has 0 aliphatic heterocycles. The molecular weight excluding hydrogens is 348 g/mol. The molecule has 0 aliphatic carbocycles. The molecule has 144 valence electrons. The smallest absolute Gasteiger partial charge is 0.251 e. The number of nitrogens with one attached hydrogen (secondary N) is 1. The van der Waals surface area contributed by atoms with Crippen molar-refractivity contribution in [3.8, 4) is 5.75 Å². The molecule has 3 rings (SSSR count). The number of nitrogens with zero attached hydrogens (tertiary/aromatic N) is 1. The maximum Gasteiger partial charge on any atom is 0.251 e. The second kappa shape index (κ2) is 10.3. The van der Waals surface area contributed by atoms with Crippen molar-refractivity contribution >= 4 is 5.91 Å². The number of hydrogen-bond donors (Lipinski definition) is 1. The molecule has 1 heterocycles. The number of pyridine rings is 1. The molecule has 0 saturated carbocycles. The first-order valence-electron chi connectivity index (χ1n) is 9.76. The van der Waals surface area contributed by atoms with Crippen molar-refractivity contribution < 1.29 is 9.53 Å². The molecule has 0 saturated heterocycles. The molecule has 3 aromatic rings. The zero-order chi connectivity index (χ0) is 19.6. The first-order chi connectivity index (χ1) is 13.8. The van der Waals surface area contributed by atoms with Crippen molar-refractivity contribution in [2.45, 2.75) is 38.8 Å². The van der Waals surface area contributed by atoms with Crippen LogP contribution < -0.4 is 10.1 Å². The lowest BCUT2D eigenvalue weighted by Crippen LogP contribution is -2.23. The Kier molecular flexibility index (Phi) is 7.19. The zero-order valence-corrected chi connectivity index (χ0v) is 16.2. The molecule has 0 fully saturated rings. The summed E-state index contributed by atoms with van der Waals surface area (Å²) in [4.78, 5) is 16.7. The van der Waals surface area contributed by atoms with E-state index in [1.807, 2.05) is 48.5 Å². The highest BCUT2D eigenvalue weighted by atomic mass is 16.5. The molecule has 0 aliphatic rings. The number of ether oxygens (including phenoxy) is 1. The minimum atomic E-state index is -0.138. The van der Waals surface area contributed by atoms with Gasteiger partial charge in [-0.15, -0.1) is 0 Å². The normalized spacial score (nSPS) is 11.6. The summed E-state index contributed by atoms with van der Waals surface area (Å²) in [5.74, 6) is 0.566. The number of carbonyl (C=O) groups excluding carboxylic acids is 1. The number of hydrogen-bond acceptors (Lipinski definition) is 3. The van der Waals surface area contributed by atoms with E-state index in [9.17, 15) is 4.79 Å². The van der Waals surface area contributed by atoms with Gasteiger partial charge in [-0.05, 0) is 48.7 Å². The number of carbonyl (C=O) groups is 1. The predicted octanol–water partition coefficient (Wildman–Crippen LogP) is 5.32. The molecule has 1 aromatic heterocycles. The molecule has 0 spiro atoms. The third kappa shape index (κ3) is 5.68. The molecule has 0 radical (unpaired) electrons. The monoisotopic (exact) mass is 374 g/mol. The maximum atomic E-state index is 12.5. The van der Waals surface area contributed by atoms with Crippen LogP contribution in [-0.4, -0.2) is 10.9 Å². The van der Waals surface area contributed by atoms with Crippen LogP contribution in [0.1, 0.15) is 53.9 Å². The lowest BCUT2D eigenvalue weighted by molar-refractivity contribution is 0.0949. The summed E-state index contributed by atoms with van der Waals surface area (Å²) < 4.78 is 6.26. The standard InChI is InChI=1S/C24H26N2O2/c1-2-3-15-23(19-10-5-4-6-11-19)28-22-14-9-12-20(17-22)24(27)26-18-21-13-7-8-16-25-21/h4-14,16-17,23H,2-3,15,18H2,1H3,(H,26,27). The van der Waals surface area contributed by atoms with Crippen molar-refractivity contribution in [1.82, 2.24) is 10.3 Å². The zero-order valence-electron chi connectivity index (χ0n) is 16.2. The fourth-order valence-electron chi connectivity index (χ4n) is 3.00. The Morgan fingerprint density at radius 2 is 1.86 bits per heavy atom. The molecule has 0 bridgehead atoms. The molecule has 28 heavy (non-hydrogen) atoms. The Morgan fingerprint density at radius 3 is 2.61 bits per heavy atom. The second-order valence-corrected chi connectivity index (χ2v) is 6.69. The highest BCUT2D eigenvalue weighted by Gasteiger charge is 2.14. The summed E-state index contributed by atoms with van der Waals surface area (Å²) in [6.45, 7) is 2.57. The number of amides is 1. The van der Waals surface area contributed by atoms with Gasteiger partial charge in [-0.2, -0.15) is 0 Å². The highest BCUT2D eigenvalue weighted by molar-refractivity contribution is 5.94. The third-order valence-corrected chi connectivity index (χ3v) is 4.52. The Bertz CT molecular complexity index is 866. The SMILES string of the molecule is CCCCC(Oc1cccc(C(=O)NCc2ccccn2)c1)c1ccccc1. The van der Waals surface area contributed by atoms with Crippen molar-refractivity contribution in [2.75, 3.05) is 0 Å². The molecule has 1 atom stereocenters. The Balaban J connectivity index is 1.67. The van der Waals surface area contributed by atoms with Crippen LogP contribution in [0.2, 0.25) is 0 Å². The van der Waals surface area contributed by atoms with E-state index in [1.54, 1.807) is 18.3 Å². The molecule has 4 heteroatoms. The molecule has 4 nitrogen and oxygen atoms in total. The molecule has 1 amide bonds. The van der Waals surface area contributed by atoms with Gasteiger partial charge in [-0.3, -0.25) is 9.78 Å². The molecule has 1 N–H and O–H groups in total. The number of benzene rings is 2. The third-order valence-electron chi connectivity index (χ3n) is 4.52. The van der Waals surface area contributed by atoms with Gasteiger partial charge in [0.05, 0.1) is 12.2 Å². The number of rotatable bonds is 9. The van der Waals surface area contributed by atoms with Crippen molar-refractivity contribution in [1.29, 1.82) is 0 Å². The first kappa shape index (κ1) is 19.6. The summed E-state index contributed by atoms with van der Waals surface area (Å²) in [5, 5.41) is 2.90. The van der Waals surface area contributed by atoms with Crippen LogP contribution in [0.5, 0.6) is 5.75 Å². The fraction of sp³-hybridized carbons (Fsp3) is 0.250. The highest BCUT2D eigenvalue weighted by Crippen LogP contribution is 2.27. The van der Waals surface area contributed by atoms with Crippen LogP contribution in [0.3, 0.4) is 0 Å². The van der Waals surface area contributed by atoms with Crippen molar-refractivity contribution in [3.05, 3.63) is 95.8 Å². The van der Waals surface area contributed by atoms with Gasteiger partial charge in [0, 0.05) is 11.8 Å². The van der Waals surface area contributed by atoms with Gasteiger partial charge in [0.25, 0.3) is 5.91 Å². The van der Waals surface area contributed by atoms with Crippen LogP contribution >= 0.6 is 0 Å². The van der Waals surface area contributed by atoms with Gasteiger partial charge in [0.2, 0.25) is 0 Å². The summed E-state index contributed by atoms with van der Waals surface area (Å²) in [5.41, 5.74) is 2.56. The summed E-state index contributed by atoms with van der Waals surface area (Å²) in [6.07, 6.45) is 4.84. The van der Waals surface area contributed by atoms with Crippen LogP contribution in [-0.2, 0) is 6.54 Å². The Labute approximate surface area is 166 Å². The summed E-state index contributed by atoms with van der Waals surface area (Å²) in [6, 6.07) is 23.2. The van der Waals surface area contributed by atoms with E-state index in [-0.39, 0.29) is 12.0 Å². The van der Waals surface area contributed by atoms with E-state index in [1.165, 1.54) is 0 Å². The van der Waals surface area contributed by atoms with Crippen LogP contribution in [0.15, 0.2) is 79.0 Å². The van der Waals surface area contributed by atoms with Gasteiger partial charge >= 0.3 is 0 Å². The number of unbranched alkanes of at least 4 members (excludes halogenated alkanes) is 1. The minimum Gasteiger partial charge on any atom is -0.486 e. The predicted molar refractivity (Wildman–Crippen MR) is 111 cm³/mol. The second-order valence-electron chi connectivity index (χ2n) is 6.69. The molecule has 2 aromatic carbocycles. The van der Waals surface area contributed by atoms with Gasteiger partial charge in [0.15, 0.2) is 0 Å². The summed E-state index contributed by atoms with van der Waals surface area (Å²) >= 11 is 0. The van der Waals surface area contributed by atoms with Gasteiger partial charge in [-0.1, -0.05) is 55.8 Å². The lowest BCUT2D eigenvalue weighted by Gasteiger charge is -2.20. The van der Waals surface area contributed by atoms with Gasteiger partial charge < -0.3 is 10.1 Å². The van der Waals surface area contributed by atoms with Crippen molar-refractivity contribution in [2.24, 2.45) is 0 Å². The first-order valence-corrected chi connectivity index (χ1v) is 9.76. The van der Waals surface area contributed by atoms with Crippen LogP contribution in [0, 0.1) is 0 Å². The summed E-state index contributed by atoms with van der Waals surface area (Å²) in [7, 11) is 0. The van der Waals surface area contributed by atoms with Crippen molar-refractivity contribution in [3.63, 3.8) is 0 Å². The Morgan fingerprint density at radius 1 is 1.04 bits per heavy atom. The number of aromatic nitrogens is 1. The minimum absolute atomic E-state index is 0.0204. The quantitative estimate of drug-likeness (QED) is 0.551. The molecular formula is C24H26N2O2. The topological polar surface area (TPSA) is 51.2 Å². The van der Waals surface area contributed by atoms with E-state index in [0.717, 1.165) is 30.5 Å². The van der Waals surface area contributed by atoms with Crippen LogP contribution in [0.25, 0.3) is 0 Å².